The van der Waals surface area contributed by atoms with Gasteiger partial charge in [-0.3, -0.25) is 9.59 Å². The number of carboxylic acids is 1. The monoisotopic (exact) mass is 420 g/mol. The number of fused-ring (bicyclic) bond motifs is 1. The molecule has 4 nitrogen and oxygen atoms in total. The first-order valence-electron chi connectivity index (χ1n) is 12.5. The molecule has 4 heteroatoms. The zero-order valence-corrected chi connectivity index (χ0v) is 19.7. The van der Waals surface area contributed by atoms with Gasteiger partial charge in [0.15, 0.2) is 0 Å². The van der Waals surface area contributed by atoms with Crippen molar-refractivity contribution < 1.29 is 19.8 Å². The number of rotatable bonds is 8. The minimum atomic E-state index is -0.721. The van der Waals surface area contributed by atoms with Crippen LogP contribution in [0.3, 0.4) is 0 Å². The molecule has 2 N–H and O–H groups in total. The quantitative estimate of drug-likeness (QED) is 0.483. The van der Waals surface area contributed by atoms with Gasteiger partial charge in [0, 0.05) is 18.3 Å². The molecule has 0 amide bonds. The molecule has 0 aromatic rings. The van der Waals surface area contributed by atoms with Crippen LogP contribution in [0.15, 0.2) is 0 Å². The van der Waals surface area contributed by atoms with Crippen LogP contribution in [0.1, 0.15) is 105 Å². The molecule has 0 radical (unpaired) electrons. The third-order valence-electron chi connectivity index (χ3n) is 9.50. The van der Waals surface area contributed by atoms with Crippen molar-refractivity contribution in [1.29, 1.82) is 0 Å². The van der Waals surface area contributed by atoms with Crippen LogP contribution in [0.4, 0.5) is 0 Å². The molecule has 0 aromatic heterocycles. The lowest BCUT2D eigenvalue weighted by Crippen LogP contribution is -2.51. The number of ketones is 1. The Hall–Kier alpha value is -0.900. The number of aliphatic carboxylic acids is 1. The highest BCUT2D eigenvalue weighted by Crippen LogP contribution is 2.64. The molecule has 3 aliphatic carbocycles. The van der Waals surface area contributed by atoms with Gasteiger partial charge in [0.1, 0.15) is 5.78 Å². The number of aliphatic hydroxyl groups excluding tert-OH is 1. The Bertz CT molecular complexity index is 629. The van der Waals surface area contributed by atoms with Crippen LogP contribution in [-0.2, 0) is 9.59 Å². The Kier molecular flexibility index (Phi) is 7.37. The second kappa shape index (κ2) is 9.30. The van der Waals surface area contributed by atoms with Crippen molar-refractivity contribution in [3.63, 3.8) is 0 Å². The number of carbonyl (C=O) groups excluding carboxylic acids is 1. The Balaban J connectivity index is 1.76. The van der Waals surface area contributed by atoms with E-state index in [2.05, 4.69) is 27.7 Å². The van der Waals surface area contributed by atoms with Gasteiger partial charge in [-0.2, -0.15) is 0 Å². The van der Waals surface area contributed by atoms with E-state index in [9.17, 15) is 19.8 Å². The summed E-state index contributed by atoms with van der Waals surface area (Å²) >= 11 is 0. The summed E-state index contributed by atoms with van der Waals surface area (Å²) in [6, 6.07) is 0. The summed E-state index contributed by atoms with van der Waals surface area (Å²) in [6.45, 7) is 9.08. The van der Waals surface area contributed by atoms with Gasteiger partial charge in [-0.1, -0.05) is 47.0 Å². The van der Waals surface area contributed by atoms with Crippen LogP contribution in [-0.4, -0.2) is 28.1 Å². The van der Waals surface area contributed by atoms with E-state index in [1.807, 2.05) is 0 Å². The van der Waals surface area contributed by atoms with Crippen LogP contribution >= 0.6 is 0 Å². The molecule has 30 heavy (non-hydrogen) atoms. The molecule has 0 aromatic carbocycles. The summed E-state index contributed by atoms with van der Waals surface area (Å²) in [7, 11) is 0. The molecular formula is C26H44O4. The van der Waals surface area contributed by atoms with Crippen molar-refractivity contribution in [2.75, 3.05) is 0 Å². The van der Waals surface area contributed by atoms with E-state index in [1.54, 1.807) is 0 Å². The largest absolute Gasteiger partial charge is 0.481 e. The van der Waals surface area contributed by atoms with E-state index in [0.29, 0.717) is 24.7 Å². The lowest BCUT2D eigenvalue weighted by atomic mass is 9.50. The van der Waals surface area contributed by atoms with Crippen LogP contribution < -0.4 is 0 Å². The van der Waals surface area contributed by atoms with Crippen molar-refractivity contribution >= 4 is 11.8 Å². The van der Waals surface area contributed by atoms with E-state index >= 15 is 0 Å². The molecule has 0 heterocycles. The highest BCUT2D eigenvalue weighted by atomic mass is 16.4. The zero-order chi connectivity index (χ0) is 22.1. The average molecular weight is 421 g/mol. The first kappa shape index (κ1) is 23.8. The molecule has 3 aliphatic rings. The smallest absolute Gasteiger partial charge is 0.303 e. The number of carbonyl (C=O) groups is 2. The fourth-order valence-electron chi connectivity index (χ4n) is 7.64. The van der Waals surface area contributed by atoms with Gasteiger partial charge in [-0.05, 0) is 80.0 Å². The lowest BCUT2D eigenvalue weighted by molar-refractivity contribution is -0.151. The number of Topliss-reactive ketones (excluding diaryl/α,β-unsaturated/α-hetero) is 1. The summed E-state index contributed by atoms with van der Waals surface area (Å²) in [6.07, 6.45) is 10.9. The van der Waals surface area contributed by atoms with E-state index in [-0.39, 0.29) is 35.9 Å². The molecule has 3 fully saturated rings. The fraction of sp³-hybridized carbons (Fsp3) is 0.923. The Morgan fingerprint density at radius 1 is 1.07 bits per heavy atom. The van der Waals surface area contributed by atoms with Gasteiger partial charge in [-0.25, -0.2) is 0 Å². The van der Waals surface area contributed by atoms with Crippen molar-refractivity contribution in [1.82, 2.24) is 0 Å². The van der Waals surface area contributed by atoms with Crippen molar-refractivity contribution in [2.24, 2.45) is 40.4 Å². The maximum Gasteiger partial charge on any atom is 0.303 e. The molecule has 7 atom stereocenters. The van der Waals surface area contributed by atoms with Crippen molar-refractivity contribution in [2.45, 2.75) is 111 Å². The molecule has 3 rings (SSSR count). The summed E-state index contributed by atoms with van der Waals surface area (Å²) < 4.78 is 0. The maximum atomic E-state index is 13.0. The molecule has 3 unspecified atom stereocenters. The third kappa shape index (κ3) is 4.64. The minimum Gasteiger partial charge on any atom is -0.481 e. The summed E-state index contributed by atoms with van der Waals surface area (Å²) in [4.78, 5) is 24.9. The fourth-order valence-corrected chi connectivity index (χ4v) is 7.64. The third-order valence-corrected chi connectivity index (χ3v) is 9.50. The number of carboxylic acid groups (broad SMARTS) is 1. The Morgan fingerprint density at radius 2 is 1.80 bits per heavy atom. The van der Waals surface area contributed by atoms with Gasteiger partial charge in [0.2, 0.25) is 0 Å². The van der Waals surface area contributed by atoms with Crippen LogP contribution in [0, 0.1) is 40.4 Å². The molecule has 3 saturated carbocycles. The highest BCUT2D eigenvalue weighted by Gasteiger charge is 2.58. The van der Waals surface area contributed by atoms with Crippen LogP contribution in [0.2, 0.25) is 0 Å². The number of hydrogen-bond donors (Lipinski definition) is 2. The summed E-state index contributed by atoms with van der Waals surface area (Å²) in [5, 5.41) is 19.7. The molecule has 0 aliphatic heterocycles. The second-order valence-electron chi connectivity index (χ2n) is 11.7. The molecular weight excluding hydrogens is 376 g/mol. The first-order chi connectivity index (χ1) is 14.1. The van der Waals surface area contributed by atoms with E-state index in [1.165, 1.54) is 32.1 Å². The van der Waals surface area contributed by atoms with Gasteiger partial charge < -0.3 is 10.2 Å². The SMILES string of the molecule is CC(C)CCCC[C@H]1CCC2[C@H](CC(=O)O)C([C@@]3(C)CC[C@H](O)CC3=O)CCC21C. The molecule has 0 spiro atoms. The van der Waals surface area contributed by atoms with E-state index in [0.717, 1.165) is 25.2 Å². The Labute approximate surface area is 183 Å². The van der Waals surface area contributed by atoms with E-state index in [4.69, 9.17) is 0 Å². The normalized spacial score (nSPS) is 41.8. The van der Waals surface area contributed by atoms with Crippen molar-refractivity contribution in [3.05, 3.63) is 0 Å². The number of unbranched alkanes of at least 4 members (excludes halogenated alkanes) is 1. The number of hydrogen-bond acceptors (Lipinski definition) is 3. The number of aliphatic hydroxyl groups is 1. The standard InChI is InChI=1S/C26H44O4/c1-17(2)7-5-6-8-18-9-10-21-20(16-24(29)30)22(12-14-25(18,21)3)26(4)13-11-19(27)15-23(26)28/h17-22,27H,5-16H2,1-4H3,(H,29,30)/t18-,19-,20-,21?,22?,25?,26+/m0/s1. The highest BCUT2D eigenvalue weighted by molar-refractivity contribution is 5.86. The minimum absolute atomic E-state index is 0.0890. The van der Waals surface area contributed by atoms with Crippen molar-refractivity contribution in [3.8, 4) is 0 Å². The summed E-state index contributed by atoms with van der Waals surface area (Å²) in [5.74, 6) is 1.55. The van der Waals surface area contributed by atoms with Crippen LogP contribution in [0.5, 0.6) is 0 Å². The second-order valence-corrected chi connectivity index (χ2v) is 11.7. The average Bonchev–Trinajstić information content (AvgIpc) is 2.99. The first-order valence-corrected chi connectivity index (χ1v) is 12.5. The van der Waals surface area contributed by atoms with Gasteiger partial charge >= 0.3 is 5.97 Å². The molecule has 0 bridgehead atoms. The van der Waals surface area contributed by atoms with Gasteiger partial charge in [0.05, 0.1) is 6.10 Å². The topological polar surface area (TPSA) is 74.6 Å². The predicted octanol–water partition coefficient (Wildman–Crippen LogP) is 5.86. The maximum absolute atomic E-state index is 13.0. The van der Waals surface area contributed by atoms with Gasteiger partial charge in [0.25, 0.3) is 0 Å². The van der Waals surface area contributed by atoms with E-state index < -0.39 is 17.5 Å². The van der Waals surface area contributed by atoms with Gasteiger partial charge in [-0.15, -0.1) is 0 Å². The molecule has 0 saturated heterocycles. The lowest BCUT2D eigenvalue weighted by Gasteiger charge is -2.54. The molecule has 172 valence electrons. The predicted molar refractivity (Wildman–Crippen MR) is 119 cm³/mol. The Morgan fingerprint density at radius 3 is 2.43 bits per heavy atom. The summed E-state index contributed by atoms with van der Waals surface area (Å²) in [5.41, 5.74) is -0.238. The van der Waals surface area contributed by atoms with Crippen LogP contribution in [0.25, 0.3) is 0 Å². The zero-order valence-electron chi connectivity index (χ0n) is 19.7.